The zero-order valence-corrected chi connectivity index (χ0v) is 10.8. The molecule has 1 fully saturated rings. The molecule has 0 unspecified atom stereocenters. The van der Waals surface area contributed by atoms with Crippen LogP contribution < -0.4 is 0 Å². The molecule has 0 spiro atoms. The summed E-state index contributed by atoms with van der Waals surface area (Å²) in [7, 11) is 0. The van der Waals surface area contributed by atoms with Gasteiger partial charge < -0.3 is 5.11 Å². The van der Waals surface area contributed by atoms with Crippen molar-refractivity contribution in [3.8, 4) is 0 Å². The third-order valence-electron chi connectivity index (χ3n) is 4.07. The molecule has 0 bridgehead atoms. The third-order valence-corrected chi connectivity index (χ3v) is 4.07. The van der Waals surface area contributed by atoms with Crippen molar-refractivity contribution in [1.29, 1.82) is 0 Å². The van der Waals surface area contributed by atoms with Crippen molar-refractivity contribution in [2.75, 3.05) is 0 Å². The maximum Gasteiger partial charge on any atom is 0.0594 e. The molecular formula is C16H22O. The summed E-state index contributed by atoms with van der Waals surface area (Å²) >= 11 is 0. The van der Waals surface area contributed by atoms with Gasteiger partial charge in [-0.3, -0.25) is 0 Å². The van der Waals surface area contributed by atoms with Gasteiger partial charge in [-0.1, -0.05) is 56.3 Å². The highest BCUT2D eigenvalue weighted by atomic mass is 16.3. The van der Waals surface area contributed by atoms with Gasteiger partial charge in [0.15, 0.2) is 0 Å². The lowest BCUT2D eigenvalue weighted by Crippen LogP contribution is -2.28. The van der Waals surface area contributed by atoms with E-state index in [-0.39, 0.29) is 11.5 Å². The Morgan fingerprint density at radius 2 is 1.88 bits per heavy atom. The van der Waals surface area contributed by atoms with Crippen molar-refractivity contribution in [3.63, 3.8) is 0 Å². The van der Waals surface area contributed by atoms with E-state index in [0.717, 1.165) is 19.3 Å². The first-order valence-electron chi connectivity index (χ1n) is 6.41. The molecule has 1 aromatic rings. The molecular weight excluding hydrogens is 208 g/mol. The van der Waals surface area contributed by atoms with Gasteiger partial charge in [0.05, 0.1) is 6.10 Å². The second kappa shape index (κ2) is 4.66. The van der Waals surface area contributed by atoms with Gasteiger partial charge in [-0.05, 0) is 30.2 Å². The minimum absolute atomic E-state index is 0.0278. The van der Waals surface area contributed by atoms with Gasteiger partial charge in [0.2, 0.25) is 0 Å². The normalized spacial score (nSPS) is 28.8. The van der Waals surface area contributed by atoms with Crippen LogP contribution in [0, 0.1) is 5.41 Å². The lowest BCUT2D eigenvalue weighted by molar-refractivity contribution is 0.0424. The van der Waals surface area contributed by atoms with Gasteiger partial charge in [0.25, 0.3) is 0 Å². The Balaban J connectivity index is 2.30. The second-order valence-corrected chi connectivity index (χ2v) is 5.87. The standard InChI is InChI=1S/C16H22O/c1-12-9-10-15(17)16(2,3)11-14(12)13-7-5-4-6-8-13/h4-8,14-15,17H,1,9-11H2,2-3H3/t14-,15-/m1/s1. The molecule has 0 heterocycles. The Bertz CT molecular complexity index is 391. The molecule has 2 atom stereocenters. The van der Waals surface area contributed by atoms with E-state index in [1.54, 1.807) is 0 Å². The van der Waals surface area contributed by atoms with Crippen LogP contribution in [0.15, 0.2) is 42.5 Å². The van der Waals surface area contributed by atoms with E-state index < -0.39 is 0 Å². The summed E-state index contributed by atoms with van der Waals surface area (Å²) in [6, 6.07) is 10.5. The fourth-order valence-electron chi connectivity index (χ4n) is 2.73. The molecule has 1 nitrogen and oxygen atoms in total. The zero-order valence-electron chi connectivity index (χ0n) is 10.8. The van der Waals surface area contributed by atoms with Crippen LogP contribution >= 0.6 is 0 Å². The first-order chi connectivity index (χ1) is 8.00. The summed E-state index contributed by atoms with van der Waals surface area (Å²) in [4.78, 5) is 0. The summed E-state index contributed by atoms with van der Waals surface area (Å²) in [6.45, 7) is 8.54. The van der Waals surface area contributed by atoms with Crippen LogP contribution in [-0.4, -0.2) is 11.2 Å². The van der Waals surface area contributed by atoms with E-state index in [1.165, 1.54) is 11.1 Å². The number of aliphatic hydroxyl groups is 1. The molecule has 0 aliphatic heterocycles. The Morgan fingerprint density at radius 1 is 1.24 bits per heavy atom. The second-order valence-electron chi connectivity index (χ2n) is 5.87. The smallest absolute Gasteiger partial charge is 0.0594 e. The average molecular weight is 230 g/mol. The van der Waals surface area contributed by atoms with Crippen LogP contribution in [0.25, 0.3) is 0 Å². The predicted molar refractivity (Wildman–Crippen MR) is 72.0 cm³/mol. The molecule has 17 heavy (non-hydrogen) atoms. The Hall–Kier alpha value is -1.08. The van der Waals surface area contributed by atoms with E-state index in [0.29, 0.717) is 5.92 Å². The fraction of sp³-hybridized carbons (Fsp3) is 0.500. The van der Waals surface area contributed by atoms with Gasteiger partial charge in [-0.2, -0.15) is 0 Å². The van der Waals surface area contributed by atoms with Crippen molar-refractivity contribution in [3.05, 3.63) is 48.0 Å². The predicted octanol–water partition coefficient (Wildman–Crippen LogP) is 3.90. The largest absolute Gasteiger partial charge is 0.393 e. The highest BCUT2D eigenvalue weighted by Gasteiger charge is 2.35. The molecule has 1 aliphatic carbocycles. The summed E-state index contributed by atoms with van der Waals surface area (Å²) in [6.07, 6.45) is 2.55. The number of allylic oxidation sites excluding steroid dienone is 1. The van der Waals surface area contributed by atoms with E-state index in [9.17, 15) is 5.11 Å². The lowest BCUT2D eigenvalue weighted by Gasteiger charge is -2.31. The van der Waals surface area contributed by atoms with Gasteiger partial charge in [-0.15, -0.1) is 0 Å². The van der Waals surface area contributed by atoms with Crippen LogP contribution in [0.3, 0.4) is 0 Å². The van der Waals surface area contributed by atoms with Crippen LogP contribution in [-0.2, 0) is 0 Å². The van der Waals surface area contributed by atoms with Gasteiger partial charge in [0, 0.05) is 5.92 Å². The molecule has 0 saturated heterocycles. The highest BCUT2D eigenvalue weighted by molar-refractivity contribution is 5.29. The molecule has 1 aromatic carbocycles. The fourth-order valence-corrected chi connectivity index (χ4v) is 2.73. The minimum atomic E-state index is -0.215. The van der Waals surface area contributed by atoms with Gasteiger partial charge in [0.1, 0.15) is 0 Å². The number of rotatable bonds is 1. The molecule has 1 aliphatic rings. The first-order valence-corrected chi connectivity index (χ1v) is 6.41. The molecule has 2 rings (SSSR count). The van der Waals surface area contributed by atoms with Gasteiger partial charge >= 0.3 is 0 Å². The average Bonchev–Trinajstić information content (AvgIpc) is 2.42. The maximum atomic E-state index is 10.2. The van der Waals surface area contributed by atoms with Crippen LogP contribution in [0.1, 0.15) is 44.6 Å². The number of hydrogen-bond donors (Lipinski definition) is 1. The number of aliphatic hydroxyl groups excluding tert-OH is 1. The van der Waals surface area contributed by atoms with Gasteiger partial charge in [-0.25, -0.2) is 0 Å². The monoisotopic (exact) mass is 230 g/mol. The van der Waals surface area contributed by atoms with E-state index in [2.05, 4.69) is 44.7 Å². The summed E-state index contributed by atoms with van der Waals surface area (Å²) in [5.74, 6) is 0.392. The number of hydrogen-bond acceptors (Lipinski definition) is 1. The molecule has 0 aromatic heterocycles. The molecule has 1 N–H and O–H groups in total. The molecule has 1 saturated carbocycles. The summed E-state index contributed by atoms with van der Waals surface area (Å²) < 4.78 is 0. The van der Waals surface area contributed by atoms with Crippen molar-refractivity contribution < 1.29 is 5.11 Å². The quantitative estimate of drug-likeness (QED) is 0.573. The molecule has 1 heteroatoms. The summed E-state index contributed by atoms with van der Waals surface area (Å²) in [5.41, 5.74) is 2.57. The zero-order chi connectivity index (χ0) is 12.5. The van der Waals surface area contributed by atoms with Crippen LogP contribution in [0.5, 0.6) is 0 Å². The van der Waals surface area contributed by atoms with E-state index in [4.69, 9.17) is 0 Å². The van der Waals surface area contributed by atoms with Crippen molar-refractivity contribution >= 4 is 0 Å². The molecule has 92 valence electrons. The SMILES string of the molecule is C=C1CC[C@@H](O)C(C)(C)C[C@H]1c1ccccc1. The van der Waals surface area contributed by atoms with Crippen LogP contribution in [0.2, 0.25) is 0 Å². The summed E-state index contributed by atoms with van der Waals surface area (Å²) in [5, 5.41) is 10.2. The topological polar surface area (TPSA) is 20.2 Å². The van der Waals surface area contributed by atoms with Crippen molar-refractivity contribution in [1.82, 2.24) is 0 Å². The Kier molecular flexibility index (Phi) is 3.39. The van der Waals surface area contributed by atoms with E-state index in [1.807, 2.05) is 6.07 Å². The van der Waals surface area contributed by atoms with Crippen molar-refractivity contribution in [2.24, 2.45) is 5.41 Å². The highest BCUT2D eigenvalue weighted by Crippen LogP contribution is 2.43. The van der Waals surface area contributed by atoms with Crippen molar-refractivity contribution in [2.45, 2.75) is 45.1 Å². The van der Waals surface area contributed by atoms with Crippen LogP contribution in [0.4, 0.5) is 0 Å². The lowest BCUT2D eigenvalue weighted by atomic mass is 9.76. The number of benzene rings is 1. The first kappa shape index (κ1) is 12.4. The maximum absolute atomic E-state index is 10.2. The molecule has 0 amide bonds. The van der Waals surface area contributed by atoms with E-state index >= 15 is 0 Å². The third kappa shape index (κ3) is 2.61. The minimum Gasteiger partial charge on any atom is -0.393 e. The molecule has 0 radical (unpaired) electrons. The Morgan fingerprint density at radius 3 is 2.53 bits per heavy atom. The Labute approximate surface area is 104 Å².